The third-order valence-corrected chi connectivity index (χ3v) is 6.85. The molecular formula is C25H37N8O2. The van der Waals surface area contributed by atoms with Crippen LogP contribution in [0.2, 0.25) is 0 Å². The average molecular weight is 482 g/mol. The van der Waals surface area contributed by atoms with E-state index in [0.29, 0.717) is 11.6 Å². The summed E-state index contributed by atoms with van der Waals surface area (Å²) in [5.74, 6) is 1.97. The lowest BCUT2D eigenvalue weighted by Gasteiger charge is -2.19. The van der Waals surface area contributed by atoms with E-state index in [0.717, 1.165) is 24.6 Å². The summed E-state index contributed by atoms with van der Waals surface area (Å²) in [7, 11) is 0. The molecule has 10 heteroatoms. The number of hydrogen-bond acceptors (Lipinski definition) is 7. The Morgan fingerprint density at radius 3 is 2.40 bits per heavy atom. The number of ether oxygens (including phenoxy) is 1. The SMILES string of the molecule is [O]C(Cc1nnnn1-c1ccccc1)OCc1nnnn1CCCCCCC1CCCCCCC1. The summed E-state index contributed by atoms with van der Waals surface area (Å²) in [5, 5.41) is 36.0. The van der Waals surface area contributed by atoms with Gasteiger partial charge in [0, 0.05) is 6.54 Å². The van der Waals surface area contributed by atoms with Gasteiger partial charge in [0.15, 0.2) is 17.9 Å². The van der Waals surface area contributed by atoms with Crippen molar-refractivity contribution in [1.82, 2.24) is 40.4 Å². The van der Waals surface area contributed by atoms with Gasteiger partial charge < -0.3 is 4.74 Å². The Hall–Kier alpha value is -2.72. The fourth-order valence-corrected chi connectivity index (χ4v) is 4.86. The number of para-hydroxylation sites is 1. The first-order valence-corrected chi connectivity index (χ1v) is 13.1. The Balaban J connectivity index is 1.14. The molecule has 1 radical (unpaired) electrons. The van der Waals surface area contributed by atoms with Gasteiger partial charge >= 0.3 is 0 Å². The highest BCUT2D eigenvalue weighted by Crippen LogP contribution is 2.26. The molecule has 0 bridgehead atoms. The molecule has 35 heavy (non-hydrogen) atoms. The first-order chi connectivity index (χ1) is 17.3. The summed E-state index contributed by atoms with van der Waals surface area (Å²) in [6, 6.07) is 9.46. The van der Waals surface area contributed by atoms with Crippen molar-refractivity contribution < 1.29 is 9.84 Å². The van der Waals surface area contributed by atoms with E-state index in [-0.39, 0.29) is 13.0 Å². The summed E-state index contributed by atoms with van der Waals surface area (Å²) < 4.78 is 8.79. The molecule has 2 heterocycles. The Morgan fingerprint density at radius 2 is 1.57 bits per heavy atom. The number of aromatic nitrogens is 8. The maximum absolute atomic E-state index is 12.5. The largest absolute Gasteiger partial charge is 0.341 e. The number of tetrazole rings is 2. The zero-order valence-corrected chi connectivity index (χ0v) is 20.5. The second kappa shape index (κ2) is 14.0. The van der Waals surface area contributed by atoms with Gasteiger partial charge in [0.1, 0.15) is 6.61 Å². The van der Waals surface area contributed by atoms with Crippen molar-refractivity contribution in [3.05, 3.63) is 42.0 Å². The van der Waals surface area contributed by atoms with Crippen LogP contribution in [0.5, 0.6) is 0 Å². The van der Waals surface area contributed by atoms with Gasteiger partial charge in [0.2, 0.25) is 0 Å². The van der Waals surface area contributed by atoms with Gasteiger partial charge in [0.25, 0.3) is 0 Å². The molecule has 1 saturated carbocycles. The van der Waals surface area contributed by atoms with Crippen LogP contribution in [0.3, 0.4) is 0 Å². The molecule has 4 rings (SSSR count). The van der Waals surface area contributed by atoms with Crippen LogP contribution >= 0.6 is 0 Å². The number of aryl methyl sites for hydroxylation is 1. The molecule has 1 fully saturated rings. The van der Waals surface area contributed by atoms with Crippen LogP contribution in [-0.4, -0.2) is 46.7 Å². The molecule has 0 spiro atoms. The molecule has 1 aliphatic carbocycles. The normalized spacial score (nSPS) is 16.1. The van der Waals surface area contributed by atoms with Gasteiger partial charge in [-0.2, -0.15) is 4.68 Å². The minimum Gasteiger partial charge on any atom is -0.341 e. The first-order valence-electron chi connectivity index (χ1n) is 13.1. The molecule has 0 saturated heterocycles. The van der Waals surface area contributed by atoms with Crippen LogP contribution < -0.4 is 0 Å². The molecule has 0 N–H and O–H groups in total. The topological polar surface area (TPSA) is 116 Å². The molecule has 3 aromatic rings. The Kier molecular flexibility index (Phi) is 10.1. The fourth-order valence-electron chi connectivity index (χ4n) is 4.86. The third kappa shape index (κ3) is 8.17. The van der Waals surface area contributed by atoms with Crippen molar-refractivity contribution in [1.29, 1.82) is 0 Å². The lowest BCUT2D eigenvalue weighted by Crippen LogP contribution is -2.18. The zero-order chi connectivity index (χ0) is 24.1. The molecule has 2 aromatic heterocycles. The van der Waals surface area contributed by atoms with E-state index in [9.17, 15) is 5.11 Å². The van der Waals surface area contributed by atoms with E-state index in [1.165, 1.54) is 70.6 Å². The van der Waals surface area contributed by atoms with Crippen molar-refractivity contribution in [2.45, 2.75) is 103 Å². The summed E-state index contributed by atoms with van der Waals surface area (Å²) in [6.07, 6.45) is 14.8. The minimum atomic E-state index is -1.32. The van der Waals surface area contributed by atoms with Crippen molar-refractivity contribution >= 4 is 0 Å². The number of unbranched alkanes of at least 4 members (excludes halogenated alkanes) is 3. The van der Waals surface area contributed by atoms with Gasteiger partial charge in [-0.3, -0.25) is 0 Å². The highest BCUT2D eigenvalue weighted by molar-refractivity contribution is 5.30. The van der Waals surface area contributed by atoms with E-state index in [1.54, 1.807) is 9.36 Å². The molecule has 1 aliphatic rings. The second-order valence-electron chi connectivity index (χ2n) is 9.52. The third-order valence-electron chi connectivity index (χ3n) is 6.85. The van der Waals surface area contributed by atoms with Gasteiger partial charge in [-0.15, -0.1) is 10.2 Å². The fraction of sp³-hybridized carbons (Fsp3) is 0.680. The van der Waals surface area contributed by atoms with Crippen molar-refractivity contribution in [3.63, 3.8) is 0 Å². The van der Waals surface area contributed by atoms with Crippen LogP contribution in [-0.2, 0) is 29.4 Å². The predicted octanol–water partition coefficient (Wildman–Crippen LogP) is 4.48. The van der Waals surface area contributed by atoms with Gasteiger partial charge in [-0.05, 0) is 45.3 Å². The van der Waals surface area contributed by atoms with E-state index in [1.807, 2.05) is 30.3 Å². The second-order valence-corrected chi connectivity index (χ2v) is 9.52. The molecule has 1 unspecified atom stereocenters. The molecule has 189 valence electrons. The standard InChI is InChI=1S/C25H37N8O2/c34-25(19-23-26-29-31-33(23)22-16-10-6-11-17-22)35-20-24-27-28-30-32(24)18-12-5-4-9-15-21-13-7-2-1-3-8-14-21/h6,10-11,16-17,21,25H,1-5,7-9,12-15,18-20H2. The quantitative estimate of drug-likeness (QED) is 0.261. The molecule has 0 amide bonds. The lowest BCUT2D eigenvalue weighted by molar-refractivity contribution is -0.149. The highest BCUT2D eigenvalue weighted by Gasteiger charge is 2.17. The van der Waals surface area contributed by atoms with Crippen LogP contribution in [0.1, 0.15) is 88.7 Å². The number of rotatable bonds is 13. The van der Waals surface area contributed by atoms with Crippen LogP contribution in [0.15, 0.2) is 30.3 Å². The van der Waals surface area contributed by atoms with Crippen LogP contribution in [0.25, 0.3) is 5.69 Å². The monoisotopic (exact) mass is 481 g/mol. The summed E-state index contributed by atoms with van der Waals surface area (Å²) in [4.78, 5) is 0. The molecule has 1 aromatic carbocycles. The maximum Gasteiger partial charge on any atom is 0.199 e. The van der Waals surface area contributed by atoms with E-state index < -0.39 is 6.29 Å². The van der Waals surface area contributed by atoms with Crippen LogP contribution in [0, 0.1) is 5.92 Å². The summed E-state index contributed by atoms with van der Waals surface area (Å²) in [5.41, 5.74) is 0.799. The molecular weight excluding hydrogens is 444 g/mol. The Labute approximate surface area is 207 Å². The van der Waals surface area contributed by atoms with E-state index in [2.05, 4.69) is 31.1 Å². The van der Waals surface area contributed by atoms with Gasteiger partial charge in [0.05, 0.1) is 12.1 Å². The van der Waals surface area contributed by atoms with Crippen molar-refractivity contribution in [2.75, 3.05) is 0 Å². The maximum atomic E-state index is 12.5. The average Bonchev–Trinajstić information content (AvgIpc) is 3.51. The first kappa shape index (κ1) is 25.4. The number of hydrogen-bond donors (Lipinski definition) is 0. The van der Waals surface area contributed by atoms with Crippen molar-refractivity contribution in [2.24, 2.45) is 5.92 Å². The molecule has 0 aliphatic heterocycles. The summed E-state index contributed by atoms with van der Waals surface area (Å²) in [6.45, 7) is 0.806. The highest BCUT2D eigenvalue weighted by atomic mass is 16.6. The van der Waals surface area contributed by atoms with E-state index >= 15 is 0 Å². The van der Waals surface area contributed by atoms with Gasteiger partial charge in [-0.1, -0.05) is 88.8 Å². The molecule has 10 nitrogen and oxygen atoms in total. The van der Waals surface area contributed by atoms with Gasteiger partial charge in [-0.25, -0.2) is 9.79 Å². The Bertz CT molecular complexity index is 969. The number of benzene rings is 1. The Morgan fingerprint density at radius 1 is 0.857 bits per heavy atom. The number of nitrogens with zero attached hydrogens (tertiary/aromatic N) is 8. The molecule has 1 atom stereocenters. The van der Waals surface area contributed by atoms with Crippen LogP contribution in [0.4, 0.5) is 0 Å². The summed E-state index contributed by atoms with van der Waals surface area (Å²) >= 11 is 0. The lowest BCUT2D eigenvalue weighted by atomic mass is 9.87. The minimum absolute atomic E-state index is 0.0461. The van der Waals surface area contributed by atoms with Crippen molar-refractivity contribution in [3.8, 4) is 5.69 Å². The predicted molar refractivity (Wildman–Crippen MR) is 129 cm³/mol. The zero-order valence-electron chi connectivity index (χ0n) is 20.5. The van der Waals surface area contributed by atoms with E-state index in [4.69, 9.17) is 4.74 Å². The smallest absolute Gasteiger partial charge is 0.199 e.